The second-order valence-corrected chi connectivity index (χ2v) is 8.22. The molecule has 2 aromatic heterocycles. The first-order valence-electron chi connectivity index (χ1n) is 11.3. The van der Waals surface area contributed by atoms with E-state index in [0.29, 0.717) is 5.75 Å². The predicted octanol–water partition coefficient (Wildman–Crippen LogP) is 6.19. The van der Waals surface area contributed by atoms with Gasteiger partial charge in [-0.05, 0) is 42.5 Å². The van der Waals surface area contributed by atoms with Crippen molar-refractivity contribution in [3.05, 3.63) is 108 Å². The Morgan fingerprint density at radius 3 is 2.34 bits per heavy atom. The first kappa shape index (κ1) is 24.8. The average molecular weight is 521 g/mol. The fourth-order valence-electron chi connectivity index (χ4n) is 3.96. The molecule has 3 N–H and O–H groups in total. The number of fused-ring (bicyclic) bond motifs is 1. The second-order valence-electron chi connectivity index (χ2n) is 8.22. The smallest absolute Gasteiger partial charge is 0.418 e. The number of hydrogen-bond donors (Lipinski definition) is 2. The molecule has 7 nitrogen and oxygen atoms in total. The van der Waals surface area contributed by atoms with Gasteiger partial charge in [-0.15, -0.1) is 0 Å². The number of alkyl halides is 4. The Bertz CT molecular complexity index is 1610. The number of hydrogen-bond acceptors (Lipinski definition) is 5. The Hall–Kier alpha value is -4.93. The molecular weight excluding hydrogens is 502 g/mol. The largest absolute Gasteiger partial charge is 0.457 e. The number of nitrogens with two attached hydrogens (primary N) is 1. The van der Waals surface area contributed by atoms with Crippen LogP contribution in [0.1, 0.15) is 27.8 Å². The Morgan fingerprint density at radius 2 is 1.66 bits per heavy atom. The number of benzene rings is 3. The van der Waals surface area contributed by atoms with Crippen LogP contribution < -0.4 is 15.8 Å². The van der Waals surface area contributed by atoms with Crippen molar-refractivity contribution in [2.45, 2.75) is 12.5 Å². The highest BCUT2D eigenvalue weighted by molar-refractivity contribution is 5.94. The third kappa shape index (κ3) is 4.85. The highest BCUT2D eigenvalue weighted by Crippen LogP contribution is 2.40. The first-order valence-corrected chi connectivity index (χ1v) is 11.3. The molecule has 0 saturated carbocycles. The summed E-state index contributed by atoms with van der Waals surface area (Å²) in [5.41, 5.74) is 4.84. The van der Waals surface area contributed by atoms with Gasteiger partial charge in [-0.3, -0.25) is 4.79 Å². The van der Waals surface area contributed by atoms with Crippen molar-refractivity contribution in [1.29, 1.82) is 0 Å². The van der Waals surface area contributed by atoms with E-state index in [1.165, 1.54) is 30.3 Å². The minimum Gasteiger partial charge on any atom is -0.457 e. The van der Waals surface area contributed by atoms with Gasteiger partial charge < -0.3 is 15.8 Å². The van der Waals surface area contributed by atoms with Crippen LogP contribution in [0.5, 0.6) is 11.5 Å². The molecule has 0 saturated heterocycles. The minimum absolute atomic E-state index is 0.0138. The number of carbonyl (C=O) groups is 1. The SMILES string of the molecule is Nc1ncnn2c(-c3ccc(C(F)NC(=O)c4ccccc4)c(Oc4ccccc4)c3)cc(C(F)(F)F)c12. The van der Waals surface area contributed by atoms with Crippen LogP contribution in [0.4, 0.5) is 23.4 Å². The molecule has 0 aliphatic carbocycles. The Kier molecular flexibility index (Phi) is 6.41. The molecular formula is C27H19F4N5O2. The second kappa shape index (κ2) is 9.85. The predicted molar refractivity (Wildman–Crippen MR) is 132 cm³/mol. The van der Waals surface area contributed by atoms with Gasteiger partial charge in [-0.1, -0.05) is 42.5 Å². The first-order chi connectivity index (χ1) is 18.2. The summed E-state index contributed by atoms with van der Waals surface area (Å²) in [6.07, 6.45) is -5.67. The molecule has 38 heavy (non-hydrogen) atoms. The maximum absolute atomic E-state index is 15.4. The van der Waals surface area contributed by atoms with Crippen molar-refractivity contribution in [3.8, 4) is 22.8 Å². The van der Waals surface area contributed by atoms with E-state index in [1.807, 2.05) is 0 Å². The van der Waals surface area contributed by atoms with Crippen LogP contribution in [-0.2, 0) is 6.18 Å². The van der Waals surface area contributed by atoms with E-state index >= 15 is 4.39 Å². The lowest BCUT2D eigenvalue weighted by atomic mass is 10.1. The number of para-hydroxylation sites is 1. The molecule has 0 fully saturated rings. The quantitative estimate of drug-likeness (QED) is 0.205. The molecule has 3 aromatic carbocycles. The Labute approximate surface area is 213 Å². The standard InChI is InChI=1S/C27H19F4N5O2/c28-24(35-26(37)16-7-3-1-4-8-16)19-12-11-17(13-22(19)38-18-9-5-2-6-10-18)21-14-20(27(29,30)31)23-25(32)33-15-34-36(21)23/h1-15,24H,(H,35,37)(H2,32,33,34). The van der Waals surface area contributed by atoms with Gasteiger partial charge in [0.05, 0.1) is 11.3 Å². The molecule has 11 heteroatoms. The maximum Gasteiger partial charge on any atom is 0.418 e. The van der Waals surface area contributed by atoms with Gasteiger partial charge in [0.2, 0.25) is 6.30 Å². The lowest BCUT2D eigenvalue weighted by Gasteiger charge is -2.17. The van der Waals surface area contributed by atoms with Crippen molar-refractivity contribution >= 4 is 17.2 Å². The minimum atomic E-state index is -4.72. The zero-order valence-corrected chi connectivity index (χ0v) is 19.5. The monoisotopic (exact) mass is 521 g/mol. The van der Waals surface area contributed by atoms with Gasteiger partial charge in [-0.25, -0.2) is 13.9 Å². The highest BCUT2D eigenvalue weighted by atomic mass is 19.4. The van der Waals surface area contributed by atoms with Crippen molar-refractivity contribution in [1.82, 2.24) is 19.9 Å². The molecule has 0 aliphatic heterocycles. The normalized spacial score (nSPS) is 12.3. The van der Waals surface area contributed by atoms with E-state index < -0.39 is 29.5 Å². The number of ether oxygens (including phenoxy) is 1. The van der Waals surface area contributed by atoms with Crippen LogP contribution in [0.25, 0.3) is 16.8 Å². The van der Waals surface area contributed by atoms with E-state index in [-0.39, 0.29) is 34.0 Å². The molecule has 0 aliphatic rings. The van der Waals surface area contributed by atoms with Crippen molar-refractivity contribution in [2.75, 3.05) is 5.73 Å². The lowest BCUT2D eigenvalue weighted by molar-refractivity contribution is -0.136. The zero-order chi connectivity index (χ0) is 26.9. The lowest BCUT2D eigenvalue weighted by Crippen LogP contribution is -2.26. The van der Waals surface area contributed by atoms with E-state index in [9.17, 15) is 18.0 Å². The van der Waals surface area contributed by atoms with Crippen LogP contribution in [-0.4, -0.2) is 20.5 Å². The molecule has 0 bridgehead atoms. The molecule has 192 valence electrons. The van der Waals surface area contributed by atoms with Crippen molar-refractivity contribution in [3.63, 3.8) is 0 Å². The van der Waals surface area contributed by atoms with E-state index in [2.05, 4.69) is 15.4 Å². The van der Waals surface area contributed by atoms with Gasteiger partial charge in [0.15, 0.2) is 5.82 Å². The summed E-state index contributed by atoms with van der Waals surface area (Å²) in [7, 11) is 0. The molecule has 2 heterocycles. The van der Waals surface area contributed by atoms with Gasteiger partial charge in [0.25, 0.3) is 5.91 Å². The zero-order valence-electron chi connectivity index (χ0n) is 19.5. The number of aromatic nitrogens is 3. The fourth-order valence-corrected chi connectivity index (χ4v) is 3.96. The molecule has 0 spiro atoms. The molecule has 1 atom stereocenters. The molecule has 1 amide bonds. The van der Waals surface area contributed by atoms with Crippen LogP contribution in [0.2, 0.25) is 0 Å². The number of rotatable bonds is 6. The van der Waals surface area contributed by atoms with Crippen LogP contribution >= 0.6 is 0 Å². The van der Waals surface area contributed by atoms with Gasteiger partial charge in [-0.2, -0.15) is 18.3 Å². The number of carbonyl (C=O) groups excluding carboxylic acids is 1. The van der Waals surface area contributed by atoms with Crippen LogP contribution in [0.3, 0.4) is 0 Å². The van der Waals surface area contributed by atoms with E-state index in [1.54, 1.807) is 48.5 Å². The van der Waals surface area contributed by atoms with Gasteiger partial charge in [0.1, 0.15) is 23.3 Å². The summed E-state index contributed by atoms with van der Waals surface area (Å²) in [4.78, 5) is 16.2. The number of nitrogen functional groups attached to an aromatic ring is 1. The van der Waals surface area contributed by atoms with Gasteiger partial charge >= 0.3 is 6.18 Å². The third-order valence-electron chi connectivity index (χ3n) is 5.74. The number of nitrogens with zero attached hydrogens (tertiary/aromatic N) is 3. The number of nitrogens with one attached hydrogen (secondary N) is 1. The summed E-state index contributed by atoms with van der Waals surface area (Å²) in [6, 6.07) is 21.6. The number of halogens is 4. The maximum atomic E-state index is 15.4. The highest BCUT2D eigenvalue weighted by Gasteiger charge is 2.36. The average Bonchev–Trinajstić information content (AvgIpc) is 3.31. The Balaban J connectivity index is 1.59. The molecule has 1 unspecified atom stereocenters. The van der Waals surface area contributed by atoms with Crippen LogP contribution in [0, 0.1) is 0 Å². The van der Waals surface area contributed by atoms with Gasteiger partial charge in [0, 0.05) is 16.7 Å². The fraction of sp³-hybridized carbons (Fsp3) is 0.0741. The topological polar surface area (TPSA) is 94.5 Å². The van der Waals surface area contributed by atoms with Crippen molar-refractivity contribution < 1.29 is 27.1 Å². The molecule has 5 rings (SSSR count). The summed E-state index contributed by atoms with van der Waals surface area (Å²) >= 11 is 0. The summed E-state index contributed by atoms with van der Waals surface area (Å²) in [5, 5.41) is 6.23. The van der Waals surface area contributed by atoms with Crippen LogP contribution in [0.15, 0.2) is 91.3 Å². The van der Waals surface area contributed by atoms with E-state index in [4.69, 9.17) is 10.5 Å². The van der Waals surface area contributed by atoms with Crippen molar-refractivity contribution in [2.24, 2.45) is 0 Å². The molecule has 5 aromatic rings. The number of amides is 1. The Morgan fingerprint density at radius 1 is 0.974 bits per heavy atom. The molecule has 0 radical (unpaired) electrons. The summed E-state index contributed by atoms with van der Waals surface area (Å²) in [6.45, 7) is 0. The summed E-state index contributed by atoms with van der Waals surface area (Å²) in [5.74, 6) is -0.647. The number of anilines is 1. The van der Waals surface area contributed by atoms with E-state index in [0.717, 1.165) is 16.9 Å². The third-order valence-corrected chi connectivity index (χ3v) is 5.74. The summed E-state index contributed by atoms with van der Waals surface area (Å²) < 4.78 is 63.7.